The quantitative estimate of drug-likeness (QED) is 0.197. The van der Waals surface area contributed by atoms with Crippen LogP contribution < -0.4 is 9.80 Å². The normalized spacial score (nSPS) is 12.1. The van der Waals surface area contributed by atoms with Crippen LogP contribution in [-0.4, -0.2) is 56.7 Å². The highest BCUT2D eigenvalue weighted by Gasteiger charge is 2.34. The molecule has 0 atom stereocenters. The Bertz CT molecular complexity index is 1760. The zero-order valence-electron chi connectivity index (χ0n) is 30.2. The van der Waals surface area contributed by atoms with Gasteiger partial charge in [-0.1, -0.05) is 11.6 Å². The third kappa shape index (κ3) is 11.4. The number of aromatic amines is 2. The minimum Gasteiger partial charge on any atom is -0.443 e. The number of H-pyrrole nitrogens is 2. The number of imide groups is 2. The van der Waals surface area contributed by atoms with Crippen LogP contribution in [0.15, 0.2) is 54.9 Å². The van der Waals surface area contributed by atoms with Crippen LogP contribution in [0.3, 0.4) is 0 Å². The number of ether oxygens (including phenoxy) is 4. The number of carbonyl (C=O) groups excluding carboxylic acids is 4. The summed E-state index contributed by atoms with van der Waals surface area (Å²) in [5.41, 5.74) is -0.553. The molecule has 4 rings (SSSR count). The van der Waals surface area contributed by atoms with E-state index in [1.165, 1.54) is 0 Å². The lowest BCUT2D eigenvalue weighted by Crippen LogP contribution is -2.43. The van der Waals surface area contributed by atoms with Crippen molar-refractivity contribution in [2.75, 3.05) is 9.80 Å². The molecular formula is C36H47ClN4O8. The number of fused-ring (bicyclic) bond motifs is 2. The number of hydrogen-bond acceptors (Lipinski definition) is 8. The summed E-state index contributed by atoms with van der Waals surface area (Å²) in [6, 6.07) is 12.1. The molecule has 0 aliphatic rings. The highest BCUT2D eigenvalue weighted by molar-refractivity contribution is 6.35. The molecule has 0 unspecified atom stereocenters. The highest BCUT2D eigenvalue weighted by atomic mass is 35.5. The Morgan fingerprint density at radius 3 is 1.35 bits per heavy atom. The van der Waals surface area contributed by atoms with E-state index in [0.717, 1.165) is 26.2 Å². The fourth-order valence-corrected chi connectivity index (χ4v) is 4.41. The maximum atomic E-state index is 12.6. The Hall–Kier alpha value is -4.71. The molecule has 4 aromatic rings. The minimum atomic E-state index is -0.812. The van der Waals surface area contributed by atoms with Crippen molar-refractivity contribution in [3.63, 3.8) is 0 Å². The Morgan fingerprint density at radius 2 is 0.939 bits per heavy atom. The summed E-state index contributed by atoms with van der Waals surface area (Å²) in [7, 11) is 0. The molecule has 49 heavy (non-hydrogen) atoms. The van der Waals surface area contributed by atoms with Gasteiger partial charge in [-0.25, -0.2) is 19.2 Å². The van der Waals surface area contributed by atoms with Crippen molar-refractivity contribution in [3.8, 4) is 0 Å². The standard InChI is InChI=1S/C18H23ClN2O4.C18H24N2O4/c1-17(2,3)24-15(22)21(16(23)25-18(4,5)6)11-7-8-14-12(9-11)13(19)10-20-14;1-17(2,3)23-15(21)20(16(22)24-18(4,5)6)13-7-8-14-12(11-13)9-10-19-14/h7-10,20H,1-6H3;7-11,19H,1-6H3. The number of nitrogens with zero attached hydrogens (tertiary/aromatic N) is 2. The second-order valence-corrected chi connectivity index (χ2v) is 15.6. The second kappa shape index (κ2) is 14.4. The zero-order chi connectivity index (χ0) is 37.1. The summed E-state index contributed by atoms with van der Waals surface area (Å²) in [6.07, 6.45) is 0.264. The first-order valence-corrected chi connectivity index (χ1v) is 16.1. The molecule has 13 heteroatoms. The van der Waals surface area contributed by atoms with E-state index in [9.17, 15) is 19.2 Å². The molecule has 2 aromatic heterocycles. The maximum Gasteiger partial charge on any atom is 0.424 e. The smallest absolute Gasteiger partial charge is 0.424 e. The van der Waals surface area contributed by atoms with E-state index in [1.54, 1.807) is 132 Å². The van der Waals surface area contributed by atoms with Gasteiger partial charge in [-0.05, 0) is 126 Å². The lowest BCUT2D eigenvalue weighted by Gasteiger charge is -2.28. The van der Waals surface area contributed by atoms with Gasteiger partial charge in [0.1, 0.15) is 22.4 Å². The summed E-state index contributed by atoms with van der Waals surface area (Å²) in [4.78, 5) is 58.2. The predicted molar refractivity (Wildman–Crippen MR) is 192 cm³/mol. The lowest BCUT2D eigenvalue weighted by molar-refractivity contribution is 0.0408. The van der Waals surface area contributed by atoms with Gasteiger partial charge in [-0.3, -0.25) is 0 Å². The average Bonchev–Trinajstić information content (AvgIpc) is 3.51. The number of aromatic nitrogens is 2. The molecule has 0 bridgehead atoms. The maximum absolute atomic E-state index is 12.6. The molecule has 0 saturated heterocycles. The summed E-state index contributed by atoms with van der Waals surface area (Å²) in [5.74, 6) is 0. The Balaban J connectivity index is 0.000000266. The van der Waals surface area contributed by atoms with Crippen molar-refractivity contribution in [3.05, 3.63) is 59.9 Å². The summed E-state index contributed by atoms with van der Waals surface area (Å²) in [5, 5.41) is 2.06. The number of carbonyl (C=O) groups is 4. The van der Waals surface area contributed by atoms with Crippen molar-refractivity contribution in [2.45, 2.75) is 105 Å². The van der Waals surface area contributed by atoms with E-state index in [1.807, 2.05) is 6.07 Å². The molecular weight excluding hydrogens is 652 g/mol. The van der Waals surface area contributed by atoms with E-state index in [2.05, 4.69) is 9.97 Å². The molecule has 266 valence electrons. The van der Waals surface area contributed by atoms with E-state index in [-0.39, 0.29) is 0 Å². The number of hydrogen-bond donors (Lipinski definition) is 2. The van der Waals surface area contributed by atoms with Gasteiger partial charge in [0.05, 0.1) is 16.4 Å². The first-order valence-electron chi connectivity index (χ1n) is 15.7. The molecule has 0 aliphatic carbocycles. The highest BCUT2D eigenvalue weighted by Crippen LogP contribution is 2.30. The largest absolute Gasteiger partial charge is 0.443 e. The molecule has 0 radical (unpaired) electrons. The van der Waals surface area contributed by atoms with Crippen LogP contribution in [-0.2, 0) is 18.9 Å². The van der Waals surface area contributed by atoms with E-state index < -0.39 is 46.8 Å². The fraction of sp³-hybridized carbons (Fsp3) is 0.444. The Kier molecular flexibility index (Phi) is 11.4. The van der Waals surface area contributed by atoms with Crippen molar-refractivity contribution >= 4 is 69.2 Å². The topological polar surface area (TPSA) is 143 Å². The van der Waals surface area contributed by atoms with Gasteiger partial charge in [0, 0.05) is 34.2 Å². The molecule has 12 nitrogen and oxygen atoms in total. The lowest BCUT2D eigenvalue weighted by atomic mass is 10.2. The van der Waals surface area contributed by atoms with Crippen molar-refractivity contribution in [2.24, 2.45) is 0 Å². The van der Waals surface area contributed by atoms with Gasteiger partial charge < -0.3 is 28.9 Å². The molecule has 2 aromatic carbocycles. The molecule has 0 spiro atoms. The summed E-state index contributed by atoms with van der Waals surface area (Å²) in [6.45, 7) is 20.8. The third-order valence-electron chi connectivity index (χ3n) is 5.97. The van der Waals surface area contributed by atoms with Gasteiger partial charge in [0.25, 0.3) is 0 Å². The molecule has 0 saturated carbocycles. The van der Waals surface area contributed by atoms with Crippen molar-refractivity contribution in [1.82, 2.24) is 9.97 Å². The molecule has 4 amide bonds. The van der Waals surface area contributed by atoms with Gasteiger partial charge in [-0.15, -0.1) is 0 Å². The molecule has 2 heterocycles. The van der Waals surface area contributed by atoms with Crippen molar-refractivity contribution < 1.29 is 38.1 Å². The monoisotopic (exact) mass is 698 g/mol. The first kappa shape index (κ1) is 38.7. The molecule has 0 fully saturated rings. The Morgan fingerprint density at radius 1 is 0.551 bits per heavy atom. The molecule has 0 aliphatic heterocycles. The van der Waals surface area contributed by atoms with Gasteiger partial charge in [-0.2, -0.15) is 9.80 Å². The number of nitrogens with one attached hydrogen (secondary N) is 2. The number of anilines is 2. The van der Waals surface area contributed by atoms with Crippen LogP contribution in [0.25, 0.3) is 21.8 Å². The van der Waals surface area contributed by atoms with Crippen LogP contribution in [0, 0.1) is 0 Å². The second-order valence-electron chi connectivity index (χ2n) is 15.2. The Labute approximate surface area is 291 Å². The van der Waals surface area contributed by atoms with Gasteiger partial charge in [0.2, 0.25) is 0 Å². The van der Waals surface area contributed by atoms with Crippen LogP contribution in [0.4, 0.5) is 30.6 Å². The van der Waals surface area contributed by atoms with E-state index in [4.69, 9.17) is 30.5 Å². The third-order valence-corrected chi connectivity index (χ3v) is 6.29. The van der Waals surface area contributed by atoms with Crippen LogP contribution in [0.1, 0.15) is 83.1 Å². The SMILES string of the molecule is CC(C)(C)OC(=O)N(C(=O)OC(C)(C)C)c1ccc2[nH]cc(Cl)c2c1.CC(C)(C)OC(=O)N(C(=O)OC(C)(C)C)c1ccc2[nH]ccc2c1. The van der Waals surface area contributed by atoms with Crippen LogP contribution in [0.5, 0.6) is 0 Å². The van der Waals surface area contributed by atoms with Gasteiger partial charge in [0.15, 0.2) is 0 Å². The summed E-state index contributed by atoms with van der Waals surface area (Å²) < 4.78 is 21.4. The van der Waals surface area contributed by atoms with E-state index >= 15 is 0 Å². The number of benzene rings is 2. The average molecular weight is 699 g/mol. The number of halogens is 1. The zero-order valence-corrected chi connectivity index (χ0v) is 31.0. The van der Waals surface area contributed by atoms with Crippen molar-refractivity contribution in [1.29, 1.82) is 0 Å². The van der Waals surface area contributed by atoms with Crippen LogP contribution in [0.2, 0.25) is 5.02 Å². The number of amides is 4. The first-order chi connectivity index (χ1) is 22.3. The molecule has 2 N–H and O–H groups in total. The summed E-state index contributed by atoms with van der Waals surface area (Å²) >= 11 is 6.14. The fourth-order valence-electron chi connectivity index (χ4n) is 4.19. The van der Waals surface area contributed by atoms with Crippen LogP contribution >= 0.6 is 11.6 Å². The van der Waals surface area contributed by atoms with E-state index in [0.29, 0.717) is 21.8 Å². The minimum absolute atomic E-state index is 0.317. The predicted octanol–water partition coefficient (Wildman–Crippen LogP) is 10.3. The number of rotatable bonds is 2. The van der Waals surface area contributed by atoms with Gasteiger partial charge >= 0.3 is 24.4 Å².